The highest BCUT2D eigenvalue weighted by molar-refractivity contribution is 6.25. The van der Waals surface area contributed by atoms with E-state index in [-0.39, 0.29) is 55.8 Å². The number of halogens is 1. The zero-order chi connectivity index (χ0) is 68.7. The number of aliphatic hydroxyl groups excluding tert-OH is 1. The number of likely N-dealkylation sites (N-methyl/N-ethyl adjacent to an activating group) is 7. The van der Waals surface area contributed by atoms with Gasteiger partial charge in [-0.25, -0.2) is 0 Å². The van der Waals surface area contributed by atoms with Crippen LogP contribution >= 0.6 is 11.6 Å². The Morgan fingerprint density at radius 2 is 0.898 bits per heavy atom. The predicted molar refractivity (Wildman–Crippen MR) is 344 cm³/mol. The normalized spacial score (nSPS) is 26.1. The molecule has 12 atom stereocenters. The van der Waals surface area contributed by atoms with Crippen LogP contribution in [0.15, 0.2) is 24.3 Å². The van der Waals surface area contributed by atoms with E-state index in [0.29, 0.717) is 6.42 Å². The third-order valence-corrected chi connectivity index (χ3v) is 16.1. The van der Waals surface area contributed by atoms with Gasteiger partial charge in [0.25, 0.3) is 0 Å². The molecule has 0 radical (unpaired) electrons. The van der Waals surface area contributed by atoms with Gasteiger partial charge in [0.1, 0.15) is 60.4 Å². The minimum absolute atomic E-state index is 0.0229. The molecule has 1 saturated heterocycles. The van der Waals surface area contributed by atoms with Crippen LogP contribution in [0.3, 0.4) is 0 Å². The average Bonchev–Trinajstić information content (AvgIpc) is 1.59. The van der Waals surface area contributed by atoms with E-state index in [1.807, 2.05) is 61.5 Å². The van der Waals surface area contributed by atoms with E-state index in [9.17, 15) is 48.3 Å². The monoisotopic (exact) mass is 1260 g/mol. The maximum absolute atomic E-state index is 15.1. The van der Waals surface area contributed by atoms with Gasteiger partial charge >= 0.3 is 0 Å². The lowest BCUT2D eigenvalue weighted by molar-refractivity contribution is -0.157. The number of carbonyl (C=O) groups is 11. The fourth-order valence-corrected chi connectivity index (χ4v) is 10.7. The fourth-order valence-electron chi connectivity index (χ4n) is 10.7. The van der Waals surface area contributed by atoms with Crippen molar-refractivity contribution in [2.45, 2.75) is 223 Å². The summed E-state index contributed by atoms with van der Waals surface area (Å²) in [6.45, 7) is 32.5. The van der Waals surface area contributed by atoms with Crippen molar-refractivity contribution in [3.8, 4) is 0 Å². The third kappa shape index (κ3) is 24.0. The lowest BCUT2D eigenvalue weighted by Gasteiger charge is -2.41. The minimum Gasteiger partial charge on any atom is -0.390 e. The van der Waals surface area contributed by atoms with Crippen molar-refractivity contribution in [1.29, 1.82) is 0 Å². The van der Waals surface area contributed by atoms with Gasteiger partial charge in [0.15, 0.2) is 0 Å². The highest BCUT2D eigenvalue weighted by Crippen LogP contribution is 2.26. The van der Waals surface area contributed by atoms with Crippen molar-refractivity contribution in [2.75, 3.05) is 55.9 Å². The maximum atomic E-state index is 15.1. The van der Waals surface area contributed by atoms with Crippen molar-refractivity contribution >= 4 is 76.6 Å². The number of nitrogens with zero attached hydrogens (tertiary/aromatic N) is 7. The Morgan fingerprint density at radius 1 is 0.500 bits per heavy atom. The molecule has 0 aromatic heterocycles. The molecule has 5 N–H and O–H groups in total. The molecule has 23 nitrogen and oxygen atoms in total. The number of carbonyl (C=O) groups excluding carboxylic acids is 11. The van der Waals surface area contributed by atoms with E-state index in [2.05, 4.69) is 27.8 Å². The second-order valence-corrected chi connectivity index (χ2v) is 26.6. The summed E-state index contributed by atoms with van der Waals surface area (Å²) in [6, 6.07) is -12.3. The molecule has 0 unspecified atom stereocenters. The Morgan fingerprint density at radius 3 is 1.33 bits per heavy atom. The molecule has 24 heteroatoms. The van der Waals surface area contributed by atoms with Crippen LogP contribution in [-0.2, 0) is 52.7 Å². The zero-order valence-corrected chi connectivity index (χ0v) is 58.5. The van der Waals surface area contributed by atoms with Gasteiger partial charge in [-0.05, 0) is 106 Å². The average molecular weight is 1270 g/mol. The number of nitrogens with one attached hydrogen (secondary N) is 4. The molecule has 0 bridgehead atoms. The van der Waals surface area contributed by atoms with Crippen LogP contribution in [0.5, 0.6) is 0 Å². The summed E-state index contributed by atoms with van der Waals surface area (Å²) in [5.74, 6) is -9.71. The molecule has 0 spiro atoms. The molecule has 1 fully saturated rings. The summed E-state index contributed by atoms with van der Waals surface area (Å²) in [5, 5.41) is 23.1. The number of hydrogen-bond donors (Lipinski definition) is 5. The van der Waals surface area contributed by atoms with Gasteiger partial charge in [0, 0.05) is 49.3 Å². The van der Waals surface area contributed by atoms with Gasteiger partial charge in [0.05, 0.1) is 12.6 Å². The first kappa shape index (κ1) is 81.9. The van der Waals surface area contributed by atoms with Gasteiger partial charge < -0.3 is 60.7 Å². The minimum atomic E-state index is -1.61. The van der Waals surface area contributed by atoms with Crippen molar-refractivity contribution in [2.24, 2.45) is 41.4 Å². The van der Waals surface area contributed by atoms with E-state index in [4.69, 9.17) is 11.6 Å². The maximum Gasteiger partial charge on any atom is 0.246 e. The molecule has 1 rings (SSSR count). The zero-order valence-electron chi connectivity index (χ0n) is 57.7. The Bertz CT molecular complexity index is 2380. The van der Waals surface area contributed by atoms with Gasteiger partial charge in [-0.3, -0.25) is 52.7 Å². The summed E-state index contributed by atoms with van der Waals surface area (Å²) in [6.07, 6.45) is 3.04. The van der Waals surface area contributed by atoms with E-state index in [1.165, 1.54) is 93.2 Å². The first-order valence-corrected chi connectivity index (χ1v) is 31.6. The topological polar surface area (TPSA) is 279 Å². The molecule has 1 aliphatic heterocycles. The SMILES string of the molecule is C=CCl.CC=CC[C@@H](C)[C@@H](O)[C@H]1C(=O)N[C@@H](CC)C(=O)N(C)CC(=O)N(C)[C@@H](CC(C)C)C(=O)N[C@@H](C(C)C)C(=O)N(C)[C@@H](CC(C)C)C(=O)N[C@@H](C)C(=O)N[C@H](C)C(=O)N(C)[C@@H](CC(C)C)C(=O)N(C)[C@@H](CC(C)C)C(=O)N(C)[C@@H](C(C)C)C(=O)N1C. The number of aliphatic hydroxyl groups is 1. The van der Waals surface area contributed by atoms with E-state index in [1.54, 1.807) is 54.5 Å². The number of amides is 11. The largest absolute Gasteiger partial charge is 0.390 e. The molecule has 504 valence electrons. The van der Waals surface area contributed by atoms with Gasteiger partial charge in [-0.1, -0.05) is 127 Å². The summed E-state index contributed by atoms with van der Waals surface area (Å²) in [5.41, 5.74) is 1.22. The summed E-state index contributed by atoms with van der Waals surface area (Å²) in [4.78, 5) is 169. The molecule has 0 aromatic rings. The van der Waals surface area contributed by atoms with E-state index < -0.39 is 156 Å². The molecular formula is C64H114ClN11O12. The Kier molecular flexibility index (Phi) is 35.8. The van der Waals surface area contributed by atoms with Crippen molar-refractivity contribution < 1.29 is 57.8 Å². The Balaban J connectivity index is 0.0000247. The summed E-state index contributed by atoms with van der Waals surface area (Å²) < 4.78 is 0. The second-order valence-electron chi connectivity index (χ2n) is 26.2. The molecule has 0 saturated carbocycles. The van der Waals surface area contributed by atoms with Gasteiger partial charge in [0.2, 0.25) is 65.0 Å². The molecule has 0 aliphatic carbocycles. The lowest BCUT2D eigenvalue weighted by atomic mass is 9.91. The van der Waals surface area contributed by atoms with Crippen molar-refractivity contribution in [1.82, 2.24) is 55.6 Å². The van der Waals surface area contributed by atoms with Crippen LogP contribution in [0.25, 0.3) is 0 Å². The summed E-state index contributed by atoms with van der Waals surface area (Å²) >= 11 is 4.76. The molecule has 1 heterocycles. The van der Waals surface area contributed by atoms with Crippen LogP contribution in [0.2, 0.25) is 0 Å². The first-order chi connectivity index (χ1) is 40.6. The molecule has 1 aliphatic rings. The number of rotatable bonds is 15. The standard InChI is InChI=1S/C62H111N11O12.C2H3Cl/c1-25-27-28-40(15)52(75)51-56(79)65-43(26-2)58(81)67(18)33-48(74)68(19)44(29-34(3)4)55(78)66-49(38(11)12)61(84)69(20)45(30-35(5)6)54(77)63-41(16)53(76)64-42(17)57(80)70(21)46(31-36(7)8)59(82)71(22)47(32-37(9)10)60(83)72(23)50(39(13)14)62(85)73(51)24;1-2-3/h25,27,34-47,49-52,75H,26,28-33H2,1-24H3,(H,63,77)(H,64,76)(H,65,79)(H,66,78);2H,1H2/t40-,41+,42-,43+,44+,45+,46+,47+,49+,50+,51+,52-;/m1./s1. The predicted octanol–water partition coefficient (Wildman–Crippen LogP) is 4.64. The smallest absolute Gasteiger partial charge is 0.246 e. The van der Waals surface area contributed by atoms with Crippen LogP contribution in [0.4, 0.5) is 0 Å². The first-order valence-electron chi connectivity index (χ1n) is 31.2. The van der Waals surface area contributed by atoms with E-state index >= 15 is 9.59 Å². The van der Waals surface area contributed by atoms with Gasteiger partial charge in [-0.2, -0.15) is 0 Å². The van der Waals surface area contributed by atoms with E-state index in [0.717, 1.165) is 9.80 Å². The fraction of sp³-hybridized carbons (Fsp3) is 0.766. The highest BCUT2D eigenvalue weighted by Gasteiger charge is 2.45. The van der Waals surface area contributed by atoms with Crippen LogP contribution in [0, 0.1) is 41.4 Å². The number of hydrogen-bond acceptors (Lipinski definition) is 12. The van der Waals surface area contributed by atoms with Crippen molar-refractivity contribution in [3.05, 3.63) is 24.3 Å². The molecule has 11 amide bonds. The Labute approximate surface area is 532 Å². The third-order valence-electron chi connectivity index (χ3n) is 16.1. The van der Waals surface area contributed by atoms with Crippen LogP contribution in [0.1, 0.15) is 156 Å². The highest BCUT2D eigenvalue weighted by atomic mass is 35.5. The lowest BCUT2D eigenvalue weighted by Crippen LogP contribution is -2.63. The molecule has 0 aromatic carbocycles. The number of allylic oxidation sites excluding steroid dienone is 2. The molecular weight excluding hydrogens is 1150 g/mol. The molecule has 88 heavy (non-hydrogen) atoms. The van der Waals surface area contributed by atoms with Gasteiger partial charge in [-0.15, -0.1) is 0 Å². The quantitative estimate of drug-likeness (QED) is 0.140. The Hall–Kier alpha value is -6.10. The van der Waals surface area contributed by atoms with Crippen LogP contribution < -0.4 is 21.3 Å². The summed E-state index contributed by atoms with van der Waals surface area (Å²) in [7, 11) is 9.92. The van der Waals surface area contributed by atoms with Crippen molar-refractivity contribution in [3.63, 3.8) is 0 Å². The second kappa shape index (κ2) is 38.4. The van der Waals surface area contributed by atoms with Crippen LogP contribution in [-0.4, -0.2) is 227 Å².